The minimum absolute atomic E-state index is 0.00601. The average molecular weight is 328 g/mol. The molecule has 2 aromatic carbocycles. The zero-order valence-electron chi connectivity index (χ0n) is 13.6. The van der Waals surface area contributed by atoms with Crippen LogP contribution in [0.15, 0.2) is 42.5 Å². The van der Waals surface area contributed by atoms with Crippen LogP contribution >= 0.6 is 11.6 Å². The highest BCUT2D eigenvalue weighted by Crippen LogP contribution is 2.60. The number of halogens is 1. The molecule has 3 heteroatoms. The molecule has 2 aliphatic rings. The maximum atomic E-state index is 10.0. The van der Waals surface area contributed by atoms with Crippen molar-refractivity contribution in [2.24, 2.45) is 0 Å². The first-order valence-electron chi connectivity index (χ1n) is 8.35. The van der Waals surface area contributed by atoms with E-state index in [2.05, 4.69) is 43.0 Å². The van der Waals surface area contributed by atoms with Gasteiger partial charge in [0.25, 0.3) is 0 Å². The van der Waals surface area contributed by atoms with Crippen LogP contribution in [0.4, 0.5) is 11.4 Å². The third-order valence-corrected chi connectivity index (χ3v) is 6.36. The van der Waals surface area contributed by atoms with Crippen LogP contribution in [0.1, 0.15) is 45.1 Å². The van der Waals surface area contributed by atoms with E-state index in [-0.39, 0.29) is 16.7 Å². The van der Waals surface area contributed by atoms with Gasteiger partial charge in [0.1, 0.15) is 5.75 Å². The molecule has 0 aromatic heterocycles. The van der Waals surface area contributed by atoms with E-state index in [1.807, 2.05) is 12.1 Å². The van der Waals surface area contributed by atoms with E-state index in [1.54, 1.807) is 6.07 Å². The van der Waals surface area contributed by atoms with Crippen LogP contribution in [0.25, 0.3) is 0 Å². The summed E-state index contributed by atoms with van der Waals surface area (Å²) in [6.07, 6.45) is 4.85. The van der Waals surface area contributed by atoms with Crippen LogP contribution in [0.3, 0.4) is 0 Å². The van der Waals surface area contributed by atoms with Crippen LogP contribution in [-0.4, -0.2) is 10.6 Å². The predicted molar refractivity (Wildman–Crippen MR) is 95.9 cm³/mol. The number of anilines is 2. The van der Waals surface area contributed by atoms with E-state index >= 15 is 0 Å². The summed E-state index contributed by atoms with van der Waals surface area (Å²) >= 11 is 6.22. The Kier molecular flexibility index (Phi) is 3.18. The maximum absolute atomic E-state index is 10.0. The molecular formula is C20H22ClNO. The number of hydrogen-bond acceptors (Lipinski definition) is 2. The Bertz CT molecular complexity index is 754. The summed E-state index contributed by atoms with van der Waals surface area (Å²) in [5, 5.41) is 10.6. The average Bonchev–Trinajstić information content (AvgIpc) is 2.71. The Balaban J connectivity index is 1.98. The van der Waals surface area contributed by atoms with Gasteiger partial charge in [-0.05, 0) is 43.5 Å². The van der Waals surface area contributed by atoms with Crippen LogP contribution in [0.5, 0.6) is 5.75 Å². The first kappa shape index (κ1) is 14.9. The number of fused-ring (bicyclic) bond motifs is 3. The molecule has 0 saturated heterocycles. The van der Waals surface area contributed by atoms with Gasteiger partial charge in [0, 0.05) is 27.9 Å². The lowest BCUT2D eigenvalue weighted by molar-refractivity contribution is 0.195. The largest absolute Gasteiger partial charge is 0.508 e. The number of rotatable bonds is 1. The fourth-order valence-corrected chi connectivity index (χ4v) is 5.01. The summed E-state index contributed by atoms with van der Waals surface area (Å²) in [6, 6.07) is 14.1. The number of phenolic OH excluding ortho intramolecular Hbond substituents is 1. The lowest BCUT2D eigenvalue weighted by Crippen LogP contribution is -2.54. The smallest absolute Gasteiger partial charge is 0.119 e. The van der Waals surface area contributed by atoms with Crippen molar-refractivity contribution in [3.63, 3.8) is 0 Å². The van der Waals surface area contributed by atoms with Crippen LogP contribution in [0, 0.1) is 0 Å². The lowest BCUT2D eigenvalue weighted by Gasteiger charge is -2.50. The molecule has 4 rings (SSSR count). The minimum Gasteiger partial charge on any atom is -0.508 e. The monoisotopic (exact) mass is 327 g/mol. The van der Waals surface area contributed by atoms with Gasteiger partial charge >= 0.3 is 0 Å². The highest BCUT2D eigenvalue weighted by atomic mass is 35.5. The number of hydrogen-bond donors (Lipinski definition) is 1. The molecular weight excluding hydrogens is 306 g/mol. The molecule has 2 nitrogen and oxygen atoms in total. The summed E-state index contributed by atoms with van der Waals surface area (Å²) in [6.45, 7) is 4.76. The molecule has 1 N–H and O–H groups in total. The quantitative estimate of drug-likeness (QED) is 0.716. The van der Waals surface area contributed by atoms with Crippen molar-refractivity contribution in [1.29, 1.82) is 0 Å². The van der Waals surface area contributed by atoms with E-state index < -0.39 is 0 Å². The van der Waals surface area contributed by atoms with Gasteiger partial charge < -0.3 is 10.0 Å². The summed E-state index contributed by atoms with van der Waals surface area (Å²) in [5.41, 5.74) is 3.78. The second kappa shape index (κ2) is 4.91. The maximum Gasteiger partial charge on any atom is 0.119 e. The second-order valence-corrected chi connectivity index (χ2v) is 7.77. The second-order valence-electron chi connectivity index (χ2n) is 7.33. The van der Waals surface area contributed by atoms with Crippen LogP contribution in [0.2, 0.25) is 5.02 Å². The van der Waals surface area contributed by atoms with E-state index in [9.17, 15) is 5.11 Å². The Morgan fingerprint density at radius 3 is 2.57 bits per heavy atom. The van der Waals surface area contributed by atoms with Crippen LogP contribution in [-0.2, 0) is 5.41 Å². The van der Waals surface area contributed by atoms with Crippen molar-refractivity contribution < 1.29 is 5.11 Å². The Labute approximate surface area is 142 Å². The van der Waals surface area contributed by atoms with Gasteiger partial charge in [-0.3, -0.25) is 0 Å². The van der Waals surface area contributed by atoms with E-state index in [1.165, 1.54) is 30.5 Å². The van der Waals surface area contributed by atoms with Gasteiger partial charge in [-0.2, -0.15) is 0 Å². The minimum atomic E-state index is 0.00601. The highest BCUT2D eigenvalue weighted by molar-refractivity contribution is 6.31. The first-order valence-corrected chi connectivity index (χ1v) is 8.73. The lowest BCUT2D eigenvalue weighted by atomic mass is 9.61. The molecule has 1 fully saturated rings. The molecule has 120 valence electrons. The molecule has 2 aromatic rings. The van der Waals surface area contributed by atoms with Gasteiger partial charge in [0.2, 0.25) is 0 Å². The number of aromatic hydroxyl groups is 1. The molecule has 0 spiro atoms. The van der Waals surface area contributed by atoms with Gasteiger partial charge in [-0.15, -0.1) is 0 Å². The van der Waals surface area contributed by atoms with Crippen molar-refractivity contribution in [2.75, 3.05) is 4.90 Å². The third kappa shape index (κ3) is 1.94. The molecule has 1 aliphatic carbocycles. The Morgan fingerprint density at radius 2 is 1.78 bits per heavy atom. The zero-order valence-corrected chi connectivity index (χ0v) is 14.4. The van der Waals surface area contributed by atoms with E-state index in [0.29, 0.717) is 5.02 Å². The standard InChI is InChI=1S/C20H22ClNO/c1-19-9-5-6-10-20(19,2)22(18-8-4-3-7-17(18)19)15-11-14(21)12-16(23)13-15/h3-4,7-8,11-13,23H,5-6,9-10H2,1-2H3. The molecule has 0 bridgehead atoms. The summed E-state index contributed by atoms with van der Waals surface area (Å²) in [7, 11) is 0. The van der Waals surface area contributed by atoms with Crippen molar-refractivity contribution >= 4 is 23.0 Å². The Hall–Kier alpha value is -1.67. The number of para-hydroxylation sites is 1. The Morgan fingerprint density at radius 1 is 1.04 bits per heavy atom. The van der Waals surface area contributed by atoms with Crippen molar-refractivity contribution in [2.45, 2.75) is 50.5 Å². The van der Waals surface area contributed by atoms with Gasteiger partial charge in [-0.1, -0.05) is 49.6 Å². The first-order chi connectivity index (χ1) is 11.0. The number of nitrogens with zero attached hydrogens (tertiary/aromatic N) is 1. The molecule has 0 radical (unpaired) electrons. The number of phenols is 1. The zero-order chi connectivity index (χ0) is 16.2. The van der Waals surface area contributed by atoms with Gasteiger partial charge in [0.15, 0.2) is 0 Å². The summed E-state index contributed by atoms with van der Waals surface area (Å²) < 4.78 is 0. The SMILES string of the molecule is CC12CCCCC1(C)N(c1cc(O)cc(Cl)c1)c1ccccc12. The molecule has 1 heterocycles. The molecule has 1 aliphatic heterocycles. The molecule has 1 saturated carbocycles. The molecule has 23 heavy (non-hydrogen) atoms. The molecule has 2 atom stereocenters. The fourth-order valence-electron chi connectivity index (χ4n) is 4.79. The van der Waals surface area contributed by atoms with E-state index in [4.69, 9.17) is 11.6 Å². The summed E-state index contributed by atoms with van der Waals surface area (Å²) in [4.78, 5) is 2.41. The normalized spacial score (nSPS) is 29.3. The predicted octanol–water partition coefficient (Wildman–Crippen LogP) is 5.79. The van der Waals surface area contributed by atoms with Gasteiger partial charge in [-0.25, -0.2) is 0 Å². The molecule has 2 unspecified atom stereocenters. The third-order valence-electron chi connectivity index (χ3n) is 6.14. The van der Waals surface area contributed by atoms with Crippen molar-refractivity contribution in [3.05, 3.63) is 53.1 Å². The highest BCUT2D eigenvalue weighted by Gasteiger charge is 2.57. The van der Waals surface area contributed by atoms with E-state index in [0.717, 1.165) is 12.1 Å². The number of benzene rings is 2. The fraction of sp³-hybridized carbons (Fsp3) is 0.400. The van der Waals surface area contributed by atoms with Crippen LogP contribution < -0.4 is 4.90 Å². The summed E-state index contributed by atoms with van der Waals surface area (Å²) in [5.74, 6) is 0.220. The topological polar surface area (TPSA) is 23.5 Å². The van der Waals surface area contributed by atoms with Crippen molar-refractivity contribution in [1.82, 2.24) is 0 Å². The van der Waals surface area contributed by atoms with Gasteiger partial charge in [0.05, 0.1) is 5.54 Å². The van der Waals surface area contributed by atoms with Crippen molar-refractivity contribution in [3.8, 4) is 5.75 Å². The molecule has 0 amide bonds.